The van der Waals surface area contributed by atoms with Crippen LogP contribution in [0.2, 0.25) is 0 Å². The lowest BCUT2D eigenvalue weighted by Gasteiger charge is -2.31. The summed E-state index contributed by atoms with van der Waals surface area (Å²) >= 11 is 1.85. The number of hydrogen-bond donors (Lipinski definition) is 0. The van der Waals surface area contributed by atoms with Crippen molar-refractivity contribution in [2.45, 2.75) is 32.2 Å². The van der Waals surface area contributed by atoms with Gasteiger partial charge in [-0.3, -0.25) is 9.88 Å². The van der Waals surface area contributed by atoms with Gasteiger partial charge in [0.25, 0.3) is 0 Å². The fourth-order valence-electron chi connectivity index (χ4n) is 2.68. The van der Waals surface area contributed by atoms with Crippen LogP contribution < -0.4 is 0 Å². The molecule has 3 nitrogen and oxygen atoms in total. The standard InChI is InChI=1S/C15H19N3S/c1-12-9-17-15(19-12)13-5-4-8-18(10-13)11-14-6-2-3-7-16-14/h2-3,6-7,9,13H,4-5,8,10-11H2,1H3/t13-/m0/s1. The van der Waals surface area contributed by atoms with Crippen LogP contribution in [-0.2, 0) is 6.54 Å². The molecule has 0 aromatic carbocycles. The number of hydrogen-bond acceptors (Lipinski definition) is 4. The molecule has 4 heteroatoms. The van der Waals surface area contributed by atoms with E-state index in [9.17, 15) is 0 Å². The summed E-state index contributed by atoms with van der Waals surface area (Å²) in [5, 5.41) is 1.31. The van der Waals surface area contributed by atoms with Gasteiger partial charge < -0.3 is 0 Å². The maximum absolute atomic E-state index is 4.56. The largest absolute Gasteiger partial charge is 0.297 e. The summed E-state index contributed by atoms with van der Waals surface area (Å²) in [6.45, 7) is 5.39. The molecule has 0 unspecified atom stereocenters. The van der Waals surface area contributed by atoms with Crippen LogP contribution in [0.15, 0.2) is 30.6 Å². The molecular formula is C15H19N3S. The number of aromatic nitrogens is 2. The Bertz CT molecular complexity index is 523. The van der Waals surface area contributed by atoms with Crippen molar-refractivity contribution in [3.63, 3.8) is 0 Å². The first kappa shape index (κ1) is 12.8. The van der Waals surface area contributed by atoms with Crippen LogP contribution in [0.25, 0.3) is 0 Å². The molecule has 1 fully saturated rings. The molecule has 3 heterocycles. The second kappa shape index (κ2) is 5.80. The van der Waals surface area contributed by atoms with Crippen molar-refractivity contribution in [3.8, 4) is 0 Å². The lowest BCUT2D eigenvalue weighted by atomic mass is 9.98. The summed E-state index contributed by atoms with van der Waals surface area (Å²) < 4.78 is 0. The minimum absolute atomic E-state index is 0.608. The Morgan fingerprint density at radius 3 is 3.05 bits per heavy atom. The van der Waals surface area contributed by atoms with E-state index in [1.807, 2.05) is 29.8 Å². The predicted molar refractivity (Wildman–Crippen MR) is 78.3 cm³/mol. The van der Waals surface area contributed by atoms with Gasteiger partial charge in [-0.25, -0.2) is 4.98 Å². The van der Waals surface area contributed by atoms with Crippen LogP contribution >= 0.6 is 11.3 Å². The third-order valence-corrected chi connectivity index (χ3v) is 4.68. The monoisotopic (exact) mass is 273 g/mol. The zero-order valence-electron chi connectivity index (χ0n) is 11.2. The third-order valence-electron chi connectivity index (χ3n) is 3.61. The Labute approximate surface area is 118 Å². The minimum atomic E-state index is 0.608. The summed E-state index contributed by atoms with van der Waals surface area (Å²) in [5.41, 5.74) is 1.17. The summed E-state index contributed by atoms with van der Waals surface area (Å²) in [6, 6.07) is 6.14. The van der Waals surface area contributed by atoms with Gasteiger partial charge in [0.2, 0.25) is 0 Å². The molecule has 1 aliphatic heterocycles. The van der Waals surface area contributed by atoms with E-state index >= 15 is 0 Å². The highest BCUT2D eigenvalue weighted by Crippen LogP contribution is 2.30. The van der Waals surface area contributed by atoms with Gasteiger partial charge in [0.1, 0.15) is 0 Å². The van der Waals surface area contributed by atoms with Gasteiger partial charge in [-0.15, -0.1) is 11.3 Å². The number of pyridine rings is 1. The third kappa shape index (κ3) is 3.19. The predicted octanol–water partition coefficient (Wildman–Crippen LogP) is 3.23. The molecule has 3 rings (SSSR count). The molecule has 0 bridgehead atoms. The Morgan fingerprint density at radius 1 is 1.37 bits per heavy atom. The molecule has 2 aromatic rings. The van der Waals surface area contributed by atoms with Crippen molar-refractivity contribution in [1.29, 1.82) is 0 Å². The molecule has 0 aliphatic carbocycles. The van der Waals surface area contributed by atoms with Gasteiger partial charge in [0, 0.05) is 36.3 Å². The van der Waals surface area contributed by atoms with Gasteiger partial charge in [-0.1, -0.05) is 6.07 Å². The summed E-state index contributed by atoms with van der Waals surface area (Å²) in [4.78, 5) is 12.8. The van der Waals surface area contributed by atoms with Gasteiger partial charge >= 0.3 is 0 Å². The minimum Gasteiger partial charge on any atom is -0.297 e. The van der Waals surface area contributed by atoms with E-state index in [2.05, 4.69) is 33.9 Å². The Balaban J connectivity index is 1.65. The van der Waals surface area contributed by atoms with Gasteiger partial charge in [0.05, 0.1) is 10.7 Å². The molecule has 2 aromatic heterocycles. The highest BCUT2D eigenvalue weighted by atomic mass is 32.1. The molecule has 100 valence electrons. The maximum atomic E-state index is 4.56. The molecule has 0 spiro atoms. The first-order valence-electron chi connectivity index (χ1n) is 6.86. The van der Waals surface area contributed by atoms with E-state index in [-0.39, 0.29) is 0 Å². The fourth-order valence-corrected chi connectivity index (χ4v) is 3.58. The topological polar surface area (TPSA) is 29.0 Å². The summed E-state index contributed by atoms with van der Waals surface area (Å²) in [5.74, 6) is 0.608. The van der Waals surface area contributed by atoms with E-state index < -0.39 is 0 Å². The number of piperidine rings is 1. The number of aryl methyl sites for hydroxylation is 1. The lowest BCUT2D eigenvalue weighted by molar-refractivity contribution is 0.198. The van der Waals surface area contributed by atoms with Crippen LogP contribution in [0, 0.1) is 6.92 Å². The van der Waals surface area contributed by atoms with E-state index in [1.54, 1.807) is 0 Å². The van der Waals surface area contributed by atoms with Crippen molar-refractivity contribution in [3.05, 3.63) is 46.2 Å². The van der Waals surface area contributed by atoms with Gasteiger partial charge in [-0.05, 0) is 38.4 Å². The van der Waals surface area contributed by atoms with Crippen molar-refractivity contribution < 1.29 is 0 Å². The average molecular weight is 273 g/mol. The van der Waals surface area contributed by atoms with Crippen molar-refractivity contribution >= 4 is 11.3 Å². The Hall–Kier alpha value is -1.26. The highest BCUT2D eigenvalue weighted by Gasteiger charge is 2.23. The number of nitrogens with zero attached hydrogens (tertiary/aromatic N) is 3. The van der Waals surface area contributed by atoms with Crippen LogP contribution in [-0.4, -0.2) is 28.0 Å². The molecule has 1 saturated heterocycles. The van der Waals surface area contributed by atoms with E-state index in [1.165, 1.54) is 35.0 Å². The Kier molecular flexibility index (Phi) is 3.89. The zero-order chi connectivity index (χ0) is 13.1. The molecule has 0 amide bonds. The zero-order valence-corrected chi connectivity index (χ0v) is 12.1. The molecular weight excluding hydrogens is 254 g/mol. The molecule has 19 heavy (non-hydrogen) atoms. The number of likely N-dealkylation sites (tertiary alicyclic amines) is 1. The number of thiazole rings is 1. The number of rotatable bonds is 3. The highest BCUT2D eigenvalue weighted by molar-refractivity contribution is 7.11. The molecule has 1 atom stereocenters. The molecule has 0 saturated carbocycles. The normalized spacial score (nSPS) is 20.6. The van der Waals surface area contributed by atoms with E-state index in [0.717, 1.165) is 13.1 Å². The molecule has 0 radical (unpaired) electrons. The average Bonchev–Trinajstić information content (AvgIpc) is 2.87. The quantitative estimate of drug-likeness (QED) is 0.859. The lowest BCUT2D eigenvalue weighted by Crippen LogP contribution is -2.34. The van der Waals surface area contributed by atoms with Gasteiger partial charge in [0.15, 0.2) is 0 Å². The first-order chi connectivity index (χ1) is 9.31. The summed E-state index contributed by atoms with van der Waals surface area (Å²) in [6.07, 6.45) is 6.40. The van der Waals surface area contributed by atoms with Crippen LogP contribution in [0.4, 0.5) is 0 Å². The van der Waals surface area contributed by atoms with Crippen LogP contribution in [0.5, 0.6) is 0 Å². The fraction of sp³-hybridized carbons (Fsp3) is 0.467. The van der Waals surface area contributed by atoms with Gasteiger partial charge in [-0.2, -0.15) is 0 Å². The van der Waals surface area contributed by atoms with Crippen LogP contribution in [0.3, 0.4) is 0 Å². The van der Waals surface area contributed by atoms with E-state index in [4.69, 9.17) is 0 Å². The first-order valence-corrected chi connectivity index (χ1v) is 7.67. The van der Waals surface area contributed by atoms with Crippen LogP contribution in [0.1, 0.15) is 34.3 Å². The Morgan fingerprint density at radius 2 is 2.32 bits per heavy atom. The smallest absolute Gasteiger partial charge is 0.0971 e. The molecule has 0 N–H and O–H groups in total. The maximum Gasteiger partial charge on any atom is 0.0971 e. The van der Waals surface area contributed by atoms with Crippen molar-refractivity contribution in [2.24, 2.45) is 0 Å². The van der Waals surface area contributed by atoms with Crippen molar-refractivity contribution in [2.75, 3.05) is 13.1 Å². The van der Waals surface area contributed by atoms with Crippen molar-refractivity contribution in [1.82, 2.24) is 14.9 Å². The molecule has 1 aliphatic rings. The second-order valence-electron chi connectivity index (χ2n) is 5.20. The summed E-state index contributed by atoms with van der Waals surface area (Å²) in [7, 11) is 0. The van der Waals surface area contributed by atoms with E-state index in [0.29, 0.717) is 5.92 Å². The second-order valence-corrected chi connectivity index (χ2v) is 6.47. The SMILES string of the molecule is Cc1cnc([C@H]2CCCN(Cc3ccccn3)C2)s1.